The van der Waals surface area contributed by atoms with Crippen LogP contribution in [0.15, 0.2) is 88.9 Å². The summed E-state index contributed by atoms with van der Waals surface area (Å²) in [7, 11) is -4.09. The Bertz CT molecular complexity index is 1520. The second kappa shape index (κ2) is 9.85. The minimum Gasteiger partial charge on any atom is -0.378 e. The van der Waals surface area contributed by atoms with Crippen LogP contribution in [0, 0.1) is 6.92 Å². The lowest BCUT2D eigenvalue weighted by molar-refractivity contribution is 0.0955. The largest absolute Gasteiger partial charge is 0.378 e. The molecule has 0 saturated carbocycles. The molecule has 1 N–H and O–H groups in total. The Labute approximate surface area is 206 Å². The molecule has 0 fully saturated rings. The number of fused-ring (bicyclic) bond motifs is 1. The number of halogens is 2. The van der Waals surface area contributed by atoms with Gasteiger partial charge in [0.2, 0.25) is 0 Å². The minimum absolute atomic E-state index is 0.0297. The highest BCUT2D eigenvalue weighted by atomic mass is 35.5. The van der Waals surface area contributed by atoms with Gasteiger partial charge in [-0.15, -0.1) is 0 Å². The highest BCUT2D eigenvalue weighted by molar-refractivity contribution is 7.87. The first-order valence-corrected chi connectivity index (χ1v) is 12.2. The van der Waals surface area contributed by atoms with Crippen LogP contribution in [0.2, 0.25) is 10.0 Å². The van der Waals surface area contributed by atoms with Crippen LogP contribution >= 0.6 is 23.2 Å². The van der Waals surface area contributed by atoms with Gasteiger partial charge in [-0.05, 0) is 54.1 Å². The van der Waals surface area contributed by atoms with Crippen molar-refractivity contribution in [1.29, 1.82) is 0 Å². The SMILES string of the molecule is Cc1ccc(S(=O)(=O)Oc2ccc3ccccc3c2/C=N\NC(=O)c2ccc(Cl)c(Cl)c2)cc1. The first-order chi connectivity index (χ1) is 16.2. The summed E-state index contributed by atoms with van der Waals surface area (Å²) < 4.78 is 31.2. The quantitative estimate of drug-likeness (QED) is 0.195. The molecule has 1 amide bonds. The van der Waals surface area contributed by atoms with Crippen molar-refractivity contribution in [2.45, 2.75) is 11.8 Å². The number of amides is 1. The van der Waals surface area contributed by atoms with Crippen LogP contribution in [0.1, 0.15) is 21.5 Å². The lowest BCUT2D eigenvalue weighted by Crippen LogP contribution is -2.17. The third-order valence-electron chi connectivity index (χ3n) is 4.98. The number of aryl methyl sites for hydroxylation is 1. The molecule has 0 bridgehead atoms. The Kier molecular flexibility index (Phi) is 6.88. The van der Waals surface area contributed by atoms with Crippen molar-refractivity contribution in [3.63, 3.8) is 0 Å². The first kappa shape index (κ1) is 23.8. The van der Waals surface area contributed by atoms with Crippen LogP contribution in [-0.4, -0.2) is 20.5 Å². The number of rotatable bonds is 6. The molecule has 0 radical (unpaired) electrons. The second-order valence-electron chi connectivity index (χ2n) is 7.38. The number of nitrogens with zero attached hydrogens (tertiary/aromatic N) is 1. The molecule has 4 rings (SSSR count). The predicted octanol–water partition coefficient (Wildman–Crippen LogP) is 5.99. The molecule has 0 atom stereocenters. The van der Waals surface area contributed by atoms with E-state index in [1.54, 1.807) is 24.3 Å². The standard InChI is InChI=1S/C25H18Cl2N2O4S/c1-16-6-10-19(11-7-16)34(31,32)33-24-13-9-17-4-2-3-5-20(17)21(24)15-28-29-25(30)18-8-12-22(26)23(27)14-18/h2-15H,1H3,(H,29,30)/b28-15-. The molecule has 0 saturated heterocycles. The molecule has 0 spiro atoms. The van der Waals surface area contributed by atoms with Gasteiger partial charge in [-0.25, -0.2) is 5.43 Å². The lowest BCUT2D eigenvalue weighted by atomic mass is 10.0. The zero-order valence-electron chi connectivity index (χ0n) is 17.8. The van der Waals surface area contributed by atoms with Crippen molar-refractivity contribution >= 4 is 56.2 Å². The Hall–Kier alpha value is -3.39. The molecule has 6 nitrogen and oxygen atoms in total. The number of benzene rings is 4. The van der Waals surface area contributed by atoms with Crippen LogP contribution in [0.25, 0.3) is 10.8 Å². The van der Waals surface area contributed by atoms with Gasteiger partial charge in [-0.3, -0.25) is 4.79 Å². The third kappa shape index (κ3) is 5.22. The summed E-state index contributed by atoms with van der Waals surface area (Å²) in [5, 5.41) is 6.14. The zero-order chi connectivity index (χ0) is 24.3. The van der Waals surface area contributed by atoms with Gasteiger partial charge in [-0.1, -0.05) is 71.2 Å². The maximum Gasteiger partial charge on any atom is 0.339 e. The van der Waals surface area contributed by atoms with Crippen molar-refractivity contribution in [3.8, 4) is 5.75 Å². The van der Waals surface area contributed by atoms with Crippen molar-refractivity contribution < 1.29 is 17.4 Å². The Morgan fingerprint density at radius 1 is 0.941 bits per heavy atom. The molecule has 0 aliphatic carbocycles. The van der Waals surface area contributed by atoms with Crippen LogP contribution in [0.5, 0.6) is 5.75 Å². The van der Waals surface area contributed by atoms with Gasteiger partial charge in [0, 0.05) is 11.1 Å². The smallest absolute Gasteiger partial charge is 0.339 e. The fourth-order valence-electron chi connectivity index (χ4n) is 3.21. The van der Waals surface area contributed by atoms with Gasteiger partial charge < -0.3 is 4.18 Å². The predicted molar refractivity (Wildman–Crippen MR) is 134 cm³/mol. The lowest BCUT2D eigenvalue weighted by Gasteiger charge is -2.12. The molecule has 34 heavy (non-hydrogen) atoms. The number of carbonyl (C=O) groups excluding carboxylic acids is 1. The van der Waals surface area contributed by atoms with Gasteiger partial charge in [0.15, 0.2) is 5.75 Å². The highest BCUT2D eigenvalue weighted by Crippen LogP contribution is 2.29. The van der Waals surface area contributed by atoms with Crippen LogP contribution in [-0.2, 0) is 10.1 Å². The fraction of sp³-hybridized carbons (Fsp3) is 0.0400. The average Bonchev–Trinajstić information content (AvgIpc) is 2.82. The maximum absolute atomic E-state index is 12.9. The summed E-state index contributed by atoms with van der Waals surface area (Å²) >= 11 is 11.9. The molecule has 4 aromatic carbocycles. The van der Waals surface area contributed by atoms with Gasteiger partial charge in [0.1, 0.15) is 4.90 Å². The number of carbonyl (C=O) groups is 1. The summed E-state index contributed by atoms with van der Waals surface area (Å²) in [5.41, 5.74) is 4.00. The van der Waals surface area contributed by atoms with Crippen molar-refractivity contribution in [1.82, 2.24) is 5.43 Å². The zero-order valence-corrected chi connectivity index (χ0v) is 20.2. The number of hydrazone groups is 1. The van der Waals surface area contributed by atoms with E-state index in [4.69, 9.17) is 27.4 Å². The highest BCUT2D eigenvalue weighted by Gasteiger charge is 2.19. The fourth-order valence-corrected chi connectivity index (χ4v) is 4.46. The van der Waals surface area contributed by atoms with E-state index >= 15 is 0 Å². The van der Waals surface area contributed by atoms with Gasteiger partial charge in [-0.2, -0.15) is 13.5 Å². The van der Waals surface area contributed by atoms with Crippen LogP contribution < -0.4 is 9.61 Å². The minimum atomic E-state index is -4.09. The average molecular weight is 513 g/mol. The summed E-state index contributed by atoms with van der Waals surface area (Å²) in [6.07, 6.45) is 1.34. The van der Waals surface area contributed by atoms with E-state index in [1.165, 1.54) is 36.5 Å². The number of hydrogen-bond acceptors (Lipinski definition) is 5. The van der Waals surface area contributed by atoms with Crippen molar-refractivity contribution in [2.24, 2.45) is 5.10 Å². The molecule has 9 heteroatoms. The van der Waals surface area contributed by atoms with E-state index in [9.17, 15) is 13.2 Å². The molecule has 0 aliphatic heterocycles. The molecule has 0 heterocycles. The molecule has 4 aromatic rings. The summed E-state index contributed by atoms with van der Waals surface area (Å²) in [4.78, 5) is 12.5. The van der Waals surface area contributed by atoms with E-state index in [2.05, 4.69) is 10.5 Å². The molecule has 0 aliphatic rings. The third-order valence-corrected chi connectivity index (χ3v) is 6.97. The van der Waals surface area contributed by atoms with Crippen LogP contribution in [0.4, 0.5) is 0 Å². The number of nitrogens with one attached hydrogen (secondary N) is 1. The van der Waals surface area contributed by atoms with Gasteiger partial charge in [0.05, 0.1) is 16.3 Å². The van der Waals surface area contributed by atoms with E-state index in [1.807, 2.05) is 31.2 Å². The Morgan fingerprint density at radius 3 is 2.41 bits per heavy atom. The monoisotopic (exact) mass is 512 g/mol. The van der Waals surface area contributed by atoms with Crippen LogP contribution in [0.3, 0.4) is 0 Å². The summed E-state index contributed by atoms with van der Waals surface area (Å²) in [5.74, 6) is -0.434. The normalized spacial score (nSPS) is 11.6. The van der Waals surface area contributed by atoms with E-state index in [0.717, 1.165) is 10.9 Å². The molecule has 0 aromatic heterocycles. The Morgan fingerprint density at radius 2 is 1.68 bits per heavy atom. The topological polar surface area (TPSA) is 84.8 Å². The second-order valence-corrected chi connectivity index (χ2v) is 9.74. The molecule has 0 unspecified atom stereocenters. The summed E-state index contributed by atoms with van der Waals surface area (Å²) in [6.45, 7) is 1.86. The molecule has 172 valence electrons. The van der Waals surface area contributed by atoms with Crippen molar-refractivity contribution in [3.05, 3.63) is 106 Å². The Balaban J connectivity index is 1.66. The molecular weight excluding hydrogens is 495 g/mol. The number of hydrogen-bond donors (Lipinski definition) is 1. The van der Waals surface area contributed by atoms with E-state index in [0.29, 0.717) is 16.0 Å². The van der Waals surface area contributed by atoms with E-state index < -0.39 is 16.0 Å². The van der Waals surface area contributed by atoms with Gasteiger partial charge in [0.25, 0.3) is 5.91 Å². The maximum atomic E-state index is 12.9. The van der Waals surface area contributed by atoms with E-state index in [-0.39, 0.29) is 21.2 Å². The van der Waals surface area contributed by atoms with Crippen molar-refractivity contribution in [2.75, 3.05) is 0 Å². The first-order valence-electron chi connectivity index (χ1n) is 10.1. The van der Waals surface area contributed by atoms with Gasteiger partial charge >= 0.3 is 10.1 Å². The summed E-state index contributed by atoms with van der Waals surface area (Å²) in [6, 6.07) is 21.5. The molecular formula is C25H18Cl2N2O4S.